The number of fused-ring (bicyclic) bond motifs is 1. The van der Waals surface area contributed by atoms with Crippen molar-refractivity contribution in [1.29, 1.82) is 0 Å². The van der Waals surface area contributed by atoms with Crippen molar-refractivity contribution in [3.63, 3.8) is 0 Å². The average molecular weight is 433 g/mol. The maximum atomic E-state index is 12.4. The number of rotatable bonds is 7. The van der Waals surface area contributed by atoms with E-state index in [-0.39, 0.29) is 12.5 Å². The van der Waals surface area contributed by atoms with E-state index >= 15 is 0 Å². The van der Waals surface area contributed by atoms with Crippen LogP contribution < -0.4 is 10.1 Å². The Bertz CT molecular complexity index is 1290. The van der Waals surface area contributed by atoms with E-state index < -0.39 is 0 Å². The van der Waals surface area contributed by atoms with Crippen molar-refractivity contribution >= 4 is 16.9 Å². The third kappa shape index (κ3) is 4.64. The molecule has 0 fully saturated rings. The minimum atomic E-state index is -0.203. The largest absolute Gasteiger partial charge is 0.466 e. The fourth-order valence-electron chi connectivity index (χ4n) is 3.88. The molecule has 8 heteroatoms. The first-order valence-electron chi connectivity index (χ1n) is 10.6. The second kappa shape index (κ2) is 8.82. The summed E-state index contributed by atoms with van der Waals surface area (Å²) in [5, 5.41) is 12.7. The van der Waals surface area contributed by atoms with Gasteiger partial charge in [0, 0.05) is 25.0 Å². The summed E-state index contributed by atoms with van der Waals surface area (Å²) in [6.45, 7) is 8.99. The molecule has 0 atom stereocenters. The zero-order valence-electron chi connectivity index (χ0n) is 19.1. The summed E-state index contributed by atoms with van der Waals surface area (Å²) in [4.78, 5) is 16.9. The Morgan fingerprint density at radius 2 is 1.81 bits per heavy atom. The van der Waals surface area contributed by atoms with E-state index in [9.17, 15) is 4.79 Å². The summed E-state index contributed by atoms with van der Waals surface area (Å²) < 4.78 is 9.39. The minimum Gasteiger partial charge on any atom is -0.466 e. The fourth-order valence-corrected chi connectivity index (χ4v) is 3.88. The van der Waals surface area contributed by atoms with Gasteiger partial charge in [-0.2, -0.15) is 5.10 Å². The molecule has 1 N–H and O–H groups in total. The smallest absolute Gasteiger partial charge is 0.258 e. The number of pyridine rings is 1. The van der Waals surface area contributed by atoms with Gasteiger partial charge in [0.05, 0.1) is 17.6 Å². The van der Waals surface area contributed by atoms with Crippen molar-refractivity contribution < 1.29 is 9.53 Å². The monoisotopic (exact) mass is 432 g/mol. The zero-order chi connectivity index (χ0) is 22.8. The summed E-state index contributed by atoms with van der Waals surface area (Å²) in [5.41, 5.74) is 6.98. The van der Waals surface area contributed by atoms with Crippen molar-refractivity contribution in [3.05, 3.63) is 70.2 Å². The molecule has 0 aliphatic carbocycles. The minimum absolute atomic E-state index is 0.106. The molecule has 3 aromatic heterocycles. The quantitative estimate of drug-likeness (QED) is 0.485. The first-order chi connectivity index (χ1) is 15.3. The molecule has 166 valence electrons. The molecule has 32 heavy (non-hydrogen) atoms. The predicted molar refractivity (Wildman–Crippen MR) is 123 cm³/mol. The SMILES string of the molecule is Cc1cc(C)c2c(OCC(=O)NCc3cccc(Cn4nc(C)cc4C)c3)nn(C)c2n1. The molecule has 8 nitrogen and oxygen atoms in total. The normalized spacial score (nSPS) is 11.2. The van der Waals surface area contributed by atoms with Gasteiger partial charge in [0.1, 0.15) is 0 Å². The molecule has 0 aliphatic heterocycles. The number of hydrogen-bond acceptors (Lipinski definition) is 5. The standard InChI is InChI=1S/C24H28N6O2/c1-15-9-16(2)26-23-22(15)24(28-29(23)5)32-14-21(31)25-12-19-7-6-8-20(11-19)13-30-18(4)10-17(3)27-30/h6-11H,12-14H2,1-5H3,(H,25,31). The summed E-state index contributed by atoms with van der Waals surface area (Å²) in [6.07, 6.45) is 0. The van der Waals surface area contributed by atoms with E-state index in [0.717, 1.165) is 44.8 Å². The number of carbonyl (C=O) groups is 1. The third-order valence-corrected chi connectivity index (χ3v) is 5.34. The van der Waals surface area contributed by atoms with Gasteiger partial charge < -0.3 is 10.1 Å². The van der Waals surface area contributed by atoms with Crippen molar-refractivity contribution in [2.45, 2.75) is 40.8 Å². The molecule has 0 unspecified atom stereocenters. The van der Waals surface area contributed by atoms with Crippen LogP contribution in [-0.4, -0.2) is 37.1 Å². The van der Waals surface area contributed by atoms with Gasteiger partial charge in [-0.1, -0.05) is 24.3 Å². The van der Waals surface area contributed by atoms with Crippen LogP contribution in [-0.2, 0) is 24.9 Å². The van der Waals surface area contributed by atoms with E-state index in [0.29, 0.717) is 19.0 Å². The molecule has 1 aromatic carbocycles. The van der Waals surface area contributed by atoms with Gasteiger partial charge in [-0.15, -0.1) is 5.10 Å². The van der Waals surface area contributed by atoms with Crippen LogP contribution in [0, 0.1) is 27.7 Å². The van der Waals surface area contributed by atoms with Crippen LogP contribution in [0.3, 0.4) is 0 Å². The topological polar surface area (TPSA) is 86.9 Å². The molecule has 0 spiro atoms. The molecule has 3 heterocycles. The lowest BCUT2D eigenvalue weighted by molar-refractivity contribution is -0.123. The van der Waals surface area contributed by atoms with E-state index in [4.69, 9.17) is 4.74 Å². The Balaban J connectivity index is 1.36. The molecule has 0 bridgehead atoms. The van der Waals surface area contributed by atoms with E-state index in [1.54, 1.807) is 4.68 Å². The molecule has 0 aliphatic rings. The van der Waals surface area contributed by atoms with Crippen LogP contribution in [0.5, 0.6) is 5.88 Å². The number of amides is 1. The number of aryl methyl sites for hydroxylation is 5. The van der Waals surface area contributed by atoms with Gasteiger partial charge >= 0.3 is 0 Å². The summed E-state index contributed by atoms with van der Waals surface area (Å²) >= 11 is 0. The summed E-state index contributed by atoms with van der Waals surface area (Å²) in [7, 11) is 1.82. The molecule has 4 rings (SSSR count). The number of hydrogen-bond donors (Lipinski definition) is 1. The highest BCUT2D eigenvalue weighted by Crippen LogP contribution is 2.26. The first kappa shape index (κ1) is 21.5. The number of nitrogens with one attached hydrogen (secondary N) is 1. The number of carbonyl (C=O) groups excluding carboxylic acids is 1. The Hall–Kier alpha value is -3.68. The Morgan fingerprint density at radius 1 is 1.03 bits per heavy atom. The highest BCUT2D eigenvalue weighted by atomic mass is 16.5. The molecule has 0 saturated carbocycles. The Kier molecular flexibility index (Phi) is 5.94. The van der Waals surface area contributed by atoms with Crippen molar-refractivity contribution in [2.24, 2.45) is 7.05 Å². The molecule has 0 radical (unpaired) electrons. The second-order valence-corrected chi connectivity index (χ2v) is 8.18. The van der Waals surface area contributed by atoms with Gasteiger partial charge in [-0.3, -0.25) is 9.48 Å². The second-order valence-electron chi connectivity index (χ2n) is 8.18. The lowest BCUT2D eigenvalue weighted by atomic mass is 10.1. The highest BCUT2D eigenvalue weighted by Gasteiger charge is 2.15. The summed E-state index contributed by atoms with van der Waals surface area (Å²) in [6, 6.07) is 12.2. The van der Waals surface area contributed by atoms with Gasteiger partial charge in [0.15, 0.2) is 12.3 Å². The summed E-state index contributed by atoms with van der Waals surface area (Å²) in [5.74, 6) is 0.222. The highest BCUT2D eigenvalue weighted by molar-refractivity contribution is 5.85. The number of benzene rings is 1. The molecular weight excluding hydrogens is 404 g/mol. The zero-order valence-corrected chi connectivity index (χ0v) is 19.1. The van der Waals surface area contributed by atoms with E-state index in [2.05, 4.69) is 38.7 Å². The fraction of sp³-hybridized carbons (Fsp3) is 0.333. The van der Waals surface area contributed by atoms with E-state index in [1.165, 1.54) is 0 Å². The van der Waals surface area contributed by atoms with Crippen molar-refractivity contribution in [3.8, 4) is 5.88 Å². The molecule has 4 aromatic rings. The van der Waals surface area contributed by atoms with Crippen LogP contribution in [0.15, 0.2) is 36.4 Å². The number of ether oxygens (including phenoxy) is 1. The van der Waals surface area contributed by atoms with Crippen LogP contribution >= 0.6 is 0 Å². The third-order valence-electron chi connectivity index (χ3n) is 5.34. The van der Waals surface area contributed by atoms with Crippen molar-refractivity contribution in [1.82, 2.24) is 29.9 Å². The molecule has 0 saturated heterocycles. The van der Waals surface area contributed by atoms with Gasteiger partial charge in [-0.25, -0.2) is 9.67 Å². The van der Waals surface area contributed by atoms with Gasteiger partial charge in [-0.05, 0) is 56.5 Å². The molecular formula is C24H28N6O2. The van der Waals surface area contributed by atoms with Crippen LogP contribution in [0.1, 0.15) is 33.8 Å². The van der Waals surface area contributed by atoms with Crippen LogP contribution in [0.4, 0.5) is 0 Å². The first-order valence-corrected chi connectivity index (χ1v) is 10.6. The average Bonchev–Trinajstić information content (AvgIpc) is 3.23. The molecule has 1 amide bonds. The number of aromatic nitrogens is 5. The van der Waals surface area contributed by atoms with Gasteiger partial charge in [0.2, 0.25) is 5.88 Å². The maximum absolute atomic E-state index is 12.4. The van der Waals surface area contributed by atoms with Crippen LogP contribution in [0.2, 0.25) is 0 Å². The lowest BCUT2D eigenvalue weighted by Crippen LogP contribution is -2.28. The van der Waals surface area contributed by atoms with Crippen molar-refractivity contribution in [2.75, 3.05) is 6.61 Å². The predicted octanol–water partition coefficient (Wildman–Crippen LogP) is 3.14. The maximum Gasteiger partial charge on any atom is 0.258 e. The lowest BCUT2D eigenvalue weighted by Gasteiger charge is -2.09. The van der Waals surface area contributed by atoms with Crippen LogP contribution in [0.25, 0.3) is 11.0 Å². The Labute approximate surface area is 187 Å². The van der Waals surface area contributed by atoms with E-state index in [1.807, 2.05) is 57.6 Å². The Morgan fingerprint density at radius 3 is 2.56 bits per heavy atom. The number of nitrogens with zero attached hydrogens (tertiary/aromatic N) is 5. The van der Waals surface area contributed by atoms with Gasteiger partial charge in [0.25, 0.3) is 5.91 Å².